The average molecular weight is 215 g/mol. The first kappa shape index (κ1) is 12.5. The number of nitrogens with zero attached hydrogens (tertiary/aromatic N) is 1. The van der Waals surface area contributed by atoms with Gasteiger partial charge in [-0.15, -0.1) is 0 Å². The Morgan fingerprint density at radius 3 is 2.53 bits per heavy atom. The Balaban J connectivity index is 2.57. The summed E-state index contributed by atoms with van der Waals surface area (Å²) in [6.07, 6.45) is 0.194. The molecule has 0 aromatic heterocycles. The first-order valence-electron chi connectivity index (χ1n) is 5.34. The second-order valence-electron chi connectivity index (χ2n) is 5.45. The predicted molar refractivity (Wildman–Crippen MR) is 57.6 cm³/mol. The lowest BCUT2D eigenvalue weighted by atomic mass is 9.88. The molecule has 0 aliphatic carbocycles. The van der Waals surface area contributed by atoms with Crippen molar-refractivity contribution in [3.8, 4) is 0 Å². The van der Waals surface area contributed by atoms with Crippen molar-refractivity contribution in [3.63, 3.8) is 0 Å². The first-order valence-corrected chi connectivity index (χ1v) is 5.34. The van der Waals surface area contributed by atoms with Crippen molar-refractivity contribution >= 4 is 5.97 Å². The Morgan fingerprint density at radius 2 is 2.13 bits per heavy atom. The van der Waals surface area contributed by atoms with Crippen molar-refractivity contribution in [1.29, 1.82) is 0 Å². The van der Waals surface area contributed by atoms with Crippen LogP contribution in [0.3, 0.4) is 0 Å². The minimum atomic E-state index is -0.738. The van der Waals surface area contributed by atoms with Crippen molar-refractivity contribution in [2.75, 3.05) is 19.7 Å². The molecule has 4 heteroatoms. The minimum absolute atomic E-state index is 0.194. The lowest BCUT2D eigenvalue weighted by molar-refractivity contribution is -0.140. The number of aliphatic carboxylic acids is 1. The van der Waals surface area contributed by atoms with Gasteiger partial charge in [-0.05, 0) is 19.3 Å². The Bertz CT molecular complexity index is 248. The van der Waals surface area contributed by atoms with E-state index in [1.807, 2.05) is 27.7 Å². The van der Waals surface area contributed by atoms with E-state index in [1.165, 1.54) is 0 Å². The molecule has 0 aromatic rings. The molecule has 1 N–H and O–H groups in total. The Morgan fingerprint density at radius 1 is 1.53 bits per heavy atom. The molecular formula is C11H21NO3. The van der Waals surface area contributed by atoms with Crippen LogP contribution in [0.1, 0.15) is 34.1 Å². The van der Waals surface area contributed by atoms with Crippen LogP contribution < -0.4 is 0 Å². The quantitative estimate of drug-likeness (QED) is 0.773. The van der Waals surface area contributed by atoms with Gasteiger partial charge >= 0.3 is 5.97 Å². The maximum atomic E-state index is 10.7. The molecule has 1 rings (SSSR count). The van der Waals surface area contributed by atoms with Crippen LogP contribution in [-0.2, 0) is 9.53 Å². The van der Waals surface area contributed by atoms with Crippen molar-refractivity contribution < 1.29 is 14.6 Å². The number of hydrogen-bond acceptors (Lipinski definition) is 3. The highest BCUT2D eigenvalue weighted by Crippen LogP contribution is 2.29. The van der Waals surface area contributed by atoms with Crippen LogP contribution in [0.15, 0.2) is 0 Å². The van der Waals surface area contributed by atoms with Gasteiger partial charge in [0.2, 0.25) is 0 Å². The second-order valence-corrected chi connectivity index (χ2v) is 5.45. The Hall–Kier alpha value is -0.610. The van der Waals surface area contributed by atoms with Crippen molar-refractivity contribution in [2.24, 2.45) is 5.41 Å². The molecule has 1 heterocycles. The third-order valence-electron chi connectivity index (χ3n) is 2.83. The van der Waals surface area contributed by atoms with Crippen LogP contribution in [-0.4, -0.2) is 41.4 Å². The lowest BCUT2D eigenvalue weighted by Crippen LogP contribution is -2.45. The molecule has 4 nitrogen and oxygen atoms in total. The second kappa shape index (κ2) is 4.10. The molecule has 88 valence electrons. The van der Waals surface area contributed by atoms with Gasteiger partial charge in [-0.2, -0.15) is 0 Å². The molecule has 0 aromatic carbocycles. The van der Waals surface area contributed by atoms with E-state index in [0.717, 1.165) is 19.7 Å². The molecular weight excluding hydrogens is 194 g/mol. The van der Waals surface area contributed by atoms with Gasteiger partial charge in [-0.3, -0.25) is 9.69 Å². The van der Waals surface area contributed by atoms with Crippen molar-refractivity contribution in [3.05, 3.63) is 0 Å². The molecule has 0 amide bonds. The van der Waals surface area contributed by atoms with Gasteiger partial charge in [0, 0.05) is 13.1 Å². The predicted octanol–water partition coefficient (Wildman–Crippen LogP) is 1.56. The van der Waals surface area contributed by atoms with Gasteiger partial charge < -0.3 is 9.84 Å². The van der Waals surface area contributed by atoms with E-state index in [1.54, 1.807) is 0 Å². The maximum Gasteiger partial charge on any atom is 0.303 e. The molecule has 0 radical (unpaired) electrons. The SMILES string of the molecule is CC(C)(CC(=O)O)CN1CCOC1(C)C. The summed E-state index contributed by atoms with van der Waals surface area (Å²) in [7, 11) is 0. The van der Waals surface area contributed by atoms with Crippen molar-refractivity contribution in [2.45, 2.75) is 39.8 Å². The van der Waals surface area contributed by atoms with Gasteiger partial charge in [0.05, 0.1) is 13.0 Å². The van der Waals surface area contributed by atoms with E-state index in [4.69, 9.17) is 9.84 Å². The maximum absolute atomic E-state index is 10.7. The molecule has 1 saturated heterocycles. The highest BCUT2D eigenvalue weighted by atomic mass is 16.5. The molecule has 1 aliphatic heterocycles. The van der Waals surface area contributed by atoms with Crippen LogP contribution in [0.25, 0.3) is 0 Å². The fourth-order valence-corrected chi connectivity index (χ4v) is 2.02. The number of carboxylic acids is 1. The molecule has 0 unspecified atom stereocenters. The van der Waals surface area contributed by atoms with Gasteiger partial charge in [-0.1, -0.05) is 13.8 Å². The molecule has 0 bridgehead atoms. The van der Waals surface area contributed by atoms with E-state index in [-0.39, 0.29) is 17.6 Å². The summed E-state index contributed by atoms with van der Waals surface area (Å²) >= 11 is 0. The zero-order valence-corrected chi connectivity index (χ0v) is 10.0. The summed E-state index contributed by atoms with van der Waals surface area (Å²) in [6, 6.07) is 0. The van der Waals surface area contributed by atoms with Crippen LogP contribution in [0.2, 0.25) is 0 Å². The molecule has 0 atom stereocenters. The summed E-state index contributed by atoms with van der Waals surface area (Å²) in [5, 5.41) is 8.80. The van der Waals surface area contributed by atoms with Crippen LogP contribution in [0.4, 0.5) is 0 Å². The number of hydrogen-bond donors (Lipinski definition) is 1. The zero-order chi connectivity index (χ0) is 11.7. The van der Waals surface area contributed by atoms with E-state index in [9.17, 15) is 4.79 Å². The fourth-order valence-electron chi connectivity index (χ4n) is 2.02. The van der Waals surface area contributed by atoms with Gasteiger partial charge in [0.25, 0.3) is 0 Å². The Kier molecular flexibility index (Phi) is 3.41. The number of ether oxygens (including phenoxy) is 1. The third-order valence-corrected chi connectivity index (χ3v) is 2.83. The van der Waals surface area contributed by atoms with E-state index >= 15 is 0 Å². The van der Waals surface area contributed by atoms with E-state index in [2.05, 4.69) is 4.90 Å². The van der Waals surface area contributed by atoms with E-state index in [0.29, 0.717) is 0 Å². The Labute approximate surface area is 91.2 Å². The molecule has 15 heavy (non-hydrogen) atoms. The fraction of sp³-hybridized carbons (Fsp3) is 0.909. The largest absolute Gasteiger partial charge is 0.481 e. The molecule has 0 saturated carbocycles. The van der Waals surface area contributed by atoms with Gasteiger partial charge in [-0.25, -0.2) is 0 Å². The zero-order valence-electron chi connectivity index (χ0n) is 10.0. The molecule has 1 aliphatic rings. The van der Waals surface area contributed by atoms with E-state index < -0.39 is 5.97 Å². The third kappa shape index (κ3) is 3.47. The average Bonchev–Trinajstić information content (AvgIpc) is 2.26. The minimum Gasteiger partial charge on any atom is -0.481 e. The number of carboxylic acid groups (broad SMARTS) is 1. The summed E-state index contributed by atoms with van der Waals surface area (Å²) in [5.74, 6) is -0.738. The van der Waals surface area contributed by atoms with Gasteiger partial charge in [0.15, 0.2) is 0 Å². The van der Waals surface area contributed by atoms with Crippen LogP contribution in [0.5, 0.6) is 0 Å². The standard InChI is InChI=1S/C11H21NO3/c1-10(2,7-9(13)14)8-12-5-6-15-11(12,3)4/h5-8H2,1-4H3,(H,13,14). The van der Waals surface area contributed by atoms with Crippen molar-refractivity contribution in [1.82, 2.24) is 4.90 Å². The molecule has 0 spiro atoms. The summed E-state index contributed by atoms with van der Waals surface area (Å²) in [5.41, 5.74) is -0.466. The number of carbonyl (C=O) groups is 1. The summed E-state index contributed by atoms with van der Waals surface area (Å²) in [6.45, 7) is 10.4. The summed E-state index contributed by atoms with van der Waals surface area (Å²) in [4.78, 5) is 12.9. The van der Waals surface area contributed by atoms with Crippen LogP contribution in [0, 0.1) is 5.41 Å². The first-order chi connectivity index (χ1) is 6.73. The van der Waals surface area contributed by atoms with Crippen LogP contribution >= 0.6 is 0 Å². The normalized spacial score (nSPS) is 21.9. The number of rotatable bonds is 4. The highest BCUT2D eigenvalue weighted by Gasteiger charge is 2.37. The molecule has 1 fully saturated rings. The summed E-state index contributed by atoms with van der Waals surface area (Å²) < 4.78 is 5.58. The topological polar surface area (TPSA) is 49.8 Å². The highest BCUT2D eigenvalue weighted by molar-refractivity contribution is 5.67. The van der Waals surface area contributed by atoms with Gasteiger partial charge in [0.1, 0.15) is 5.72 Å². The smallest absolute Gasteiger partial charge is 0.303 e. The monoisotopic (exact) mass is 215 g/mol. The lowest BCUT2D eigenvalue weighted by Gasteiger charge is -2.36.